The Morgan fingerprint density at radius 1 is 1.15 bits per heavy atom. The third-order valence-corrected chi connectivity index (χ3v) is 6.95. The van der Waals surface area contributed by atoms with E-state index >= 15 is 0 Å². The van der Waals surface area contributed by atoms with E-state index in [1.807, 2.05) is 0 Å². The molecule has 1 aromatic carbocycles. The van der Waals surface area contributed by atoms with Gasteiger partial charge in [0.1, 0.15) is 6.04 Å². The summed E-state index contributed by atoms with van der Waals surface area (Å²) >= 11 is 0. The number of sulfonamides is 1. The first-order chi connectivity index (χ1) is 12.3. The highest BCUT2D eigenvalue weighted by molar-refractivity contribution is 7.89. The van der Waals surface area contributed by atoms with E-state index in [1.165, 1.54) is 21.3 Å². The average Bonchev–Trinajstić information content (AvgIpc) is 2.89. The number of fused-ring (bicyclic) bond motifs is 1. The van der Waals surface area contributed by atoms with Gasteiger partial charge in [0.15, 0.2) is 0 Å². The molecule has 9 nitrogen and oxygen atoms in total. The highest BCUT2D eigenvalue weighted by Crippen LogP contribution is 2.33. The number of amides is 3. The number of benzene rings is 1. The van der Waals surface area contributed by atoms with E-state index in [0.717, 1.165) is 0 Å². The van der Waals surface area contributed by atoms with Crippen LogP contribution in [-0.4, -0.2) is 60.5 Å². The number of nitrogens with one attached hydrogen (secondary N) is 1. The fourth-order valence-corrected chi connectivity index (χ4v) is 5.39. The summed E-state index contributed by atoms with van der Waals surface area (Å²) in [5.74, 6) is -1.29. The third-order valence-electron chi connectivity index (χ3n) is 5.03. The van der Waals surface area contributed by atoms with Gasteiger partial charge in [-0.25, -0.2) is 8.42 Å². The summed E-state index contributed by atoms with van der Waals surface area (Å²) in [7, 11) is -3.74. The summed E-state index contributed by atoms with van der Waals surface area (Å²) in [6.45, 7) is 0.517. The van der Waals surface area contributed by atoms with Crippen molar-refractivity contribution in [2.24, 2.45) is 5.73 Å². The summed E-state index contributed by atoms with van der Waals surface area (Å²) in [5.41, 5.74) is 6.35. The molecule has 3 aliphatic rings. The van der Waals surface area contributed by atoms with Crippen molar-refractivity contribution >= 4 is 27.7 Å². The quantitative estimate of drug-likeness (QED) is 0.634. The number of rotatable bonds is 3. The lowest BCUT2D eigenvalue weighted by molar-refractivity contribution is -0.136. The number of carbonyl (C=O) groups excluding carboxylic acids is 3. The van der Waals surface area contributed by atoms with E-state index in [0.29, 0.717) is 5.56 Å². The zero-order valence-corrected chi connectivity index (χ0v) is 14.7. The van der Waals surface area contributed by atoms with Crippen LogP contribution in [0.15, 0.2) is 23.1 Å². The number of imide groups is 1. The van der Waals surface area contributed by atoms with Gasteiger partial charge in [-0.3, -0.25) is 19.7 Å². The van der Waals surface area contributed by atoms with Crippen molar-refractivity contribution in [2.75, 3.05) is 13.1 Å². The summed E-state index contributed by atoms with van der Waals surface area (Å²) in [6.07, 6.45) is 0.376. The predicted octanol–water partition coefficient (Wildman–Crippen LogP) is -1.22. The Hall–Kier alpha value is -2.30. The van der Waals surface area contributed by atoms with Gasteiger partial charge < -0.3 is 10.6 Å². The van der Waals surface area contributed by atoms with Crippen molar-refractivity contribution < 1.29 is 22.8 Å². The zero-order valence-electron chi connectivity index (χ0n) is 13.8. The lowest BCUT2D eigenvalue weighted by atomic mass is 10.0. The van der Waals surface area contributed by atoms with Crippen molar-refractivity contribution in [3.05, 3.63) is 29.3 Å². The fourth-order valence-electron chi connectivity index (χ4n) is 3.60. The molecule has 0 spiro atoms. The number of nitrogens with zero attached hydrogens (tertiary/aromatic N) is 2. The van der Waals surface area contributed by atoms with Crippen LogP contribution in [0.2, 0.25) is 0 Å². The molecule has 2 saturated heterocycles. The minimum absolute atomic E-state index is 0.0236. The second-order valence-corrected chi connectivity index (χ2v) is 8.67. The van der Waals surface area contributed by atoms with E-state index < -0.39 is 27.9 Å². The summed E-state index contributed by atoms with van der Waals surface area (Å²) < 4.78 is 27.0. The molecular weight excluding hydrogens is 360 g/mol. The first kappa shape index (κ1) is 17.1. The Labute approximate surface area is 150 Å². The highest BCUT2D eigenvalue weighted by Gasteiger charge is 2.43. The molecule has 0 radical (unpaired) electrons. The molecule has 10 heteroatoms. The molecular formula is C16H18N4O5S. The molecule has 0 aromatic heterocycles. The SMILES string of the molecule is NC1CN(S(=O)(=O)c2cccc3c2CN(C2CCC(=O)NC2=O)C3=O)C1. The summed E-state index contributed by atoms with van der Waals surface area (Å²) in [6, 6.07) is 3.60. The van der Waals surface area contributed by atoms with Crippen LogP contribution in [0.4, 0.5) is 0 Å². The van der Waals surface area contributed by atoms with Gasteiger partial charge in [0.2, 0.25) is 21.8 Å². The van der Waals surface area contributed by atoms with Crippen molar-refractivity contribution in [3.63, 3.8) is 0 Å². The second-order valence-electron chi connectivity index (χ2n) is 6.76. The largest absolute Gasteiger partial charge is 0.325 e. The van der Waals surface area contributed by atoms with E-state index in [9.17, 15) is 22.8 Å². The van der Waals surface area contributed by atoms with Crippen molar-refractivity contribution in [1.82, 2.24) is 14.5 Å². The Balaban J connectivity index is 1.67. The highest BCUT2D eigenvalue weighted by atomic mass is 32.2. The molecule has 0 aliphatic carbocycles. The normalized spacial score (nSPS) is 24.4. The van der Waals surface area contributed by atoms with E-state index in [2.05, 4.69) is 5.32 Å². The van der Waals surface area contributed by atoms with Crippen LogP contribution in [0.3, 0.4) is 0 Å². The predicted molar refractivity (Wildman–Crippen MR) is 89.2 cm³/mol. The molecule has 2 fully saturated rings. The smallest absolute Gasteiger partial charge is 0.255 e. The van der Waals surface area contributed by atoms with E-state index in [-0.39, 0.29) is 54.9 Å². The van der Waals surface area contributed by atoms with E-state index in [4.69, 9.17) is 5.73 Å². The minimum Gasteiger partial charge on any atom is -0.325 e. The zero-order chi connectivity index (χ0) is 18.6. The molecule has 3 aliphatic heterocycles. The lowest BCUT2D eigenvalue weighted by Crippen LogP contribution is -2.57. The van der Waals surface area contributed by atoms with E-state index in [1.54, 1.807) is 6.07 Å². The maximum Gasteiger partial charge on any atom is 0.255 e. The number of hydrogen-bond donors (Lipinski definition) is 2. The topological polar surface area (TPSA) is 130 Å². The monoisotopic (exact) mass is 378 g/mol. The first-order valence-electron chi connectivity index (χ1n) is 8.31. The Kier molecular flexibility index (Phi) is 3.86. The first-order valence-corrected chi connectivity index (χ1v) is 9.75. The lowest BCUT2D eigenvalue weighted by Gasteiger charge is -2.36. The summed E-state index contributed by atoms with van der Waals surface area (Å²) in [4.78, 5) is 37.6. The van der Waals surface area contributed by atoms with Crippen molar-refractivity contribution in [3.8, 4) is 0 Å². The van der Waals surface area contributed by atoms with Crippen molar-refractivity contribution in [1.29, 1.82) is 0 Å². The molecule has 3 heterocycles. The van der Waals surface area contributed by atoms with Crippen LogP contribution in [0, 0.1) is 0 Å². The third kappa shape index (κ3) is 2.52. The van der Waals surface area contributed by atoms with Gasteiger partial charge in [-0.1, -0.05) is 6.07 Å². The standard InChI is InChI=1S/C16H18N4O5S/c17-9-6-19(7-9)26(24,25)13-3-1-2-10-11(13)8-20(16(10)23)12-4-5-14(21)18-15(12)22/h1-3,9,12H,4-8,17H2,(H,18,21,22). The summed E-state index contributed by atoms with van der Waals surface area (Å²) in [5, 5.41) is 2.23. The van der Waals surface area contributed by atoms with Crippen LogP contribution < -0.4 is 11.1 Å². The van der Waals surface area contributed by atoms with Crippen LogP contribution in [0.5, 0.6) is 0 Å². The van der Waals surface area contributed by atoms with Crippen LogP contribution in [0.25, 0.3) is 0 Å². The molecule has 26 heavy (non-hydrogen) atoms. The van der Waals surface area contributed by atoms with Crippen LogP contribution in [0.1, 0.15) is 28.8 Å². The molecule has 1 unspecified atom stereocenters. The average molecular weight is 378 g/mol. The fraction of sp³-hybridized carbons (Fsp3) is 0.438. The number of piperidine rings is 1. The van der Waals surface area contributed by atoms with Crippen LogP contribution in [-0.2, 0) is 26.2 Å². The van der Waals surface area contributed by atoms with Gasteiger partial charge in [0, 0.05) is 43.2 Å². The van der Waals surface area contributed by atoms with Gasteiger partial charge in [-0.05, 0) is 18.6 Å². The molecule has 138 valence electrons. The minimum atomic E-state index is -3.74. The molecule has 3 amide bonds. The maximum absolute atomic E-state index is 12.8. The molecule has 1 atom stereocenters. The molecule has 1 aromatic rings. The van der Waals surface area contributed by atoms with Gasteiger partial charge in [0.05, 0.1) is 4.90 Å². The Bertz CT molecular complexity index is 923. The number of hydrogen-bond acceptors (Lipinski definition) is 6. The molecule has 4 rings (SSSR count). The number of nitrogens with two attached hydrogens (primary N) is 1. The number of carbonyl (C=O) groups is 3. The van der Waals surface area contributed by atoms with Gasteiger partial charge >= 0.3 is 0 Å². The van der Waals surface area contributed by atoms with Crippen molar-refractivity contribution in [2.45, 2.75) is 36.4 Å². The van der Waals surface area contributed by atoms with Gasteiger partial charge in [-0.2, -0.15) is 4.31 Å². The van der Waals surface area contributed by atoms with Crippen LogP contribution >= 0.6 is 0 Å². The Morgan fingerprint density at radius 2 is 1.88 bits per heavy atom. The second kappa shape index (κ2) is 5.86. The molecule has 0 bridgehead atoms. The Morgan fingerprint density at radius 3 is 2.54 bits per heavy atom. The van der Waals surface area contributed by atoms with Gasteiger partial charge in [-0.15, -0.1) is 0 Å². The molecule has 0 saturated carbocycles. The van der Waals surface area contributed by atoms with Gasteiger partial charge in [0.25, 0.3) is 5.91 Å². The molecule has 3 N–H and O–H groups in total. The maximum atomic E-state index is 12.8.